The largest absolute Gasteiger partial charge is 0.353 e. The van der Waals surface area contributed by atoms with Crippen molar-refractivity contribution in [2.24, 2.45) is 11.3 Å². The maximum absolute atomic E-state index is 12.0. The monoisotopic (exact) mass is 211 g/mol. The molecule has 0 spiro atoms. The van der Waals surface area contributed by atoms with Crippen LogP contribution in [0, 0.1) is 11.3 Å². The smallest absolute Gasteiger partial charge is 0.227 e. The van der Waals surface area contributed by atoms with Crippen LogP contribution >= 0.6 is 0 Å². The standard InChI is InChI=1S/C13H25NO/c1-9(2)8-11(13(5,6)7)12(15)14-10(3)4/h8,10-11H,1-7H3,(H,14,15). The molecule has 0 fully saturated rings. The van der Waals surface area contributed by atoms with Crippen LogP contribution in [0.1, 0.15) is 48.5 Å². The third-order valence-corrected chi connectivity index (χ3v) is 2.15. The van der Waals surface area contributed by atoms with Crippen LogP contribution in [0.5, 0.6) is 0 Å². The van der Waals surface area contributed by atoms with Crippen molar-refractivity contribution in [1.82, 2.24) is 5.32 Å². The highest BCUT2D eigenvalue weighted by Gasteiger charge is 2.29. The Morgan fingerprint density at radius 3 is 1.93 bits per heavy atom. The predicted molar refractivity (Wildman–Crippen MR) is 65.7 cm³/mol. The molecule has 1 amide bonds. The number of amides is 1. The molecule has 0 aromatic carbocycles. The van der Waals surface area contributed by atoms with Gasteiger partial charge in [-0.05, 0) is 33.1 Å². The number of nitrogens with one attached hydrogen (secondary N) is 1. The molecule has 1 N–H and O–H groups in total. The molecule has 1 unspecified atom stereocenters. The second-order valence-corrected chi connectivity index (χ2v) is 5.75. The van der Waals surface area contributed by atoms with Crippen LogP contribution in [0.3, 0.4) is 0 Å². The SMILES string of the molecule is CC(C)=CC(C(=O)NC(C)C)C(C)(C)C. The quantitative estimate of drug-likeness (QED) is 0.714. The molecule has 15 heavy (non-hydrogen) atoms. The van der Waals surface area contributed by atoms with E-state index in [1.54, 1.807) is 0 Å². The minimum atomic E-state index is -0.0510. The fourth-order valence-corrected chi connectivity index (χ4v) is 1.43. The van der Waals surface area contributed by atoms with E-state index in [0.717, 1.165) is 0 Å². The zero-order valence-electron chi connectivity index (χ0n) is 11.1. The topological polar surface area (TPSA) is 29.1 Å². The molecule has 0 saturated carbocycles. The van der Waals surface area contributed by atoms with Gasteiger partial charge in [-0.2, -0.15) is 0 Å². The van der Waals surface area contributed by atoms with E-state index in [2.05, 4.69) is 32.2 Å². The lowest BCUT2D eigenvalue weighted by atomic mass is 9.79. The zero-order valence-corrected chi connectivity index (χ0v) is 11.1. The fraction of sp³-hybridized carbons (Fsp3) is 0.769. The van der Waals surface area contributed by atoms with Crippen molar-refractivity contribution in [1.29, 1.82) is 0 Å². The summed E-state index contributed by atoms with van der Waals surface area (Å²) in [7, 11) is 0. The summed E-state index contributed by atoms with van der Waals surface area (Å²) in [4.78, 5) is 12.0. The van der Waals surface area contributed by atoms with Crippen molar-refractivity contribution in [2.45, 2.75) is 54.5 Å². The van der Waals surface area contributed by atoms with E-state index in [1.807, 2.05) is 27.7 Å². The predicted octanol–water partition coefficient (Wildman–Crippen LogP) is 3.14. The van der Waals surface area contributed by atoms with E-state index in [-0.39, 0.29) is 23.3 Å². The van der Waals surface area contributed by atoms with Crippen LogP contribution in [0.15, 0.2) is 11.6 Å². The van der Waals surface area contributed by atoms with Crippen molar-refractivity contribution in [3.8, 4) is 0 Å². The Bertz CT molecular complexity index is 242. The summed E-state index contributed by atoms with van der Waals surface area (Å²) in [5.41, 5.74) is 1.16. The summed E-state index contributed by atoms with van der Waals surface area (Å²) in [6, 6.07) is 0.202. The second-order valence-electron chi connectivity index (χ2n) is 5.75. The summed E-state index contributed by atoms with van der Waals surface area (Å²) in [6.45, 7) is 14.3. The van der Waals surface area contributed by atoms with E-state index < -0.39 is 0 Å². The summed E-state index contributed by atoms with van der Waals surface area (Å²) < 4.78 is 0. The maximum Gasteiger partial charge on any atom is 0.227 e. The lowest BCUT2D eigenvalue weighted by Gasteiger charge is -2.28. The maximum atomic E-state index is 12.0. The molecule has 0 rings (SSSR count). The van der Waals surface area contributed by atoms with E-state index in [1.165, 1.54) is 5.57 Å². The Morgan fingerprint density at radius 2 is 1.67 bits per heavy atom. The van der Waals surface area contributed by atoms with Crippen molar-refractivity contribution >= 4 is 5.91 Å². The van der Waals surface area contributed by atoms with E-state index in [0.29, 0.717) is 0 Å². The van der Waals surface area contributed by atoms with Crippen LogP contribution in [0.25, 0.3) is 0 Å². The van der Waals surface area contributed by atoms with Gasteiger partial charge in [-0.15, -0.1) is 0 Å². The molecule has 2 heteroatoms. The van der Waals surface area contributed by atoms with Gasteiger partial charge >= 0.3 is 0 Å². The number of hydrogen-bond acceptors (Lipinski definition) is 1. The fourth-order valence-electron chi connectivity index (χ4n) is 1.43. The van der Waals surface area contributed by atoms with Gasteiger partial charge < -0.3 is 5.32 Å². The van der Waals surface area contributed by atoms with E-state index in [9.17, 15) is 4.79 Å². The third-order valence-electron chi connectivity index (χ3n) is 2.15. The first-order valence-electron chi connectivity index (χ1n) is 5.60. The van der Waals surface area contributed by atoms with E-state index >= 15 is 0 Å². The van der Waals surface area contributed by atoms with E-state index in [4.69, 9.17) is 0 Å². The molecule has 0 heterocycles. The first kappa shape index (κ1) is 14.2. The molecule has 1 atom stereocenters. The molecule has 0 radical (unpaired) electrons. The first-order chi connectivity index (χ1) is 6.64. The Kier molecular flexibility index (Phi) is 5.06. The van der Waals surface area contributed by atoms with Gasteiger partial charge in [0.2, 0.25) is 5.91 Å². The molecule has 2 nitrogen and oxygen atoms in total. The molecule has 0 aliphatic heterocycles. The molecule has 0 bridgehead atoms. The summed E-state index contributed by atoms with van der Waals surface area (Å²) >= 11 is 0. The van der Waals surface area contributed by atoms with Crippen LogP contribution in [-0.2, 0) is 4.79 Å². The Hall–Kier alpha value is -0.790. The number of allylic oxidation sites excluding steroid dienone is 1. The lowest BCUT2D eigenvalue weighted by Crippen LogP contribution is -2.40. The number of carbonyl (C=O) groups excluding carboxylic acids is 1. The Labute approximate surface area is 94.1 Å². The Balaban J connectivity index is 4.81. The van der Waals surface area contributed by atoms with Crippen molar-refractivity contribution in [3.05, 3.63) is 11.6 Å². The summed E-state index contributed by atoms with van der Waals surface area (Å²) in [5.74, 6) is 0.0728. The van der Waals surface area contributed by atoms with Gasteiger partial charge in [0, 0.05) is 6.04 Å². The second kappa shape index (κ2) is 5.34. The molecule has 0 aromatic heterocycles. The van der Waals surface area contributed by atoms with Crippen LogP contribution < -0.4 is 5.32 Å². The molecule has 0 aromatic rings. The van der Waals surface area contributed by atoms with Crippen LogP contribution in [0.2, 0.25) is 0 Å². The Morgan fingerprint density at radius 1 is 1.20 bits per heavy atom. The summed E-state index contributed by atoms with van der Waals surface area (Å²) in [5, 5.41) is 2.97. The molecule has 0 aliphatic carbocycles. The number of carbonyl (C=O) groups is 1. The number of hydrogen-bond donors (Lipinski definition) is 1. The zero-order chi connectivity index (χ0) is 12.2. The minimum absolute atomic E-state index is 0.0315. The van der Waals surface area contributed by atoms with Gasteiger partial charge in [0.1, 0.15) is 0 Å². The first-order valence-corrected chi connectivity index (χ1v) is 5.60. The molecular weight excluding hydrogens is 186 g/mol. The lowest BCUT2D eigenvalue weighted by molar-refractivity contribution is -0.126. The van der Waals surface area contributed by atoms with Gasteiger partial charge in [-0.3, -0.25) is 4.79 Å². The van der Waals surface area contributed by atoms with Gasteiger partial charge in [0.25, 0.3) is 0 Å². The highest BCUT2D eigenvalue weighted by Crippen LogP contribution is 2.28. The third kappa shape index (κ3) is 5.60. The highest BCUT2D eigenvalue weighted by molar-refractivity contribution is 5.81. The molecule has 0 saturated heterocycles. The average molecular weight is 211 g/mol. The normalized spacial score (nSPS) is 13.6. The van der Waals surface area contributed by atoms with Crippen LogP contribution in [0.4, 0.5) is 0 Å². The minimum Gasteiger partial charge on any atom is -0.353 e. The molecule has 88 valence electrons. The van der Waals surface area contributed by atoms with Gasteiger partial charge in [0.05, 0.1) is 5.92 Å². The molecule has 0 aliphatic rings. The van der Waals surface area contributed by atoms with Crippen molar-refractivity contribution < 1.29 is 4.79 Å². The molecular formula is C13H25NO. The number of rotatable bonds is 3. The van der Waals surface area contributed by atoms with Gasteiger partial charge in [-0.1, -0.05) is 32.4 Å². The summed E-state index contributed by atoms with van der Waals surface area (Å²) in [6.07, 6.45) is 2.05. The average Bonchev–Trinajstić information content (AvgIpc) is 1.95. The van der Waals surface area contributed by atoms with Crippen molar-refractivity contribution in [3.63, 3.8) is 0 Å². The van der Waals surface area contributed by atoms with Gasteiger partial charge in [0.15, 0.2) is 0 Å². The van der Waals surface area contributed by atoms with Crippen LogP contribution in [-0.4, -0.2) is 11.9 Å². The van der Waals surface area contributed by atoms with Crippen molar-refractivity contribution in [2.75, 3.05) is 0 Å². The van der Waals surface area contributed by atoms with Gasteiger partial charge in [-0.25, -0.2) is 0 Å². The highest BCUT2D eigenvalue weighted by atomic mass is 16.1.